The normalized spacial score (nSPS) is 31.0. The minimum Gasteiger partial charge on any atom is -0.387 e. The fraction of sp³-hybridized carbons (Fsp3) is 0.700. The van der Waals surface area contributed by atoms with Crippen molar-refractivity contribution in [2.24, 2.45) is 5.41 Å². The third-order valence-electron chi connectivity index (χ3n) is 5.96. The predicted molar refractivity (Wildman–Crippen MR) is 95.0 cm³/mol. The number of nitrogens with zero attached hydrogens (tertiary/aromatic N) is 1. The quantitative estimate of drug-likeness (QED) is 0.897. The molecule has 1 aromatic carbocycles. The van der Waals surface area contributed by atoms with Gasteiger partial charge in [-0.25, -0.2) is 0 Å². The molecule has 1 heterocycles. The molecular weight excluding hydrogens is 286 g/mol. The van der Waals surface area contributed by atoms with Gasteiger partial charge in [-0.3, -0.25) is 0 Å². The van der Waals surface area contributed by atoms with E-state index >= 15 is 0 Å². The molecule has 1 spiro atoms. The number of hydrogen-bond donors (Lipinski definition) is 1. The molecule has 0 aromatic heterocycles. The summed E-state index contributed by atoms with van der Waals surface area (Å²) in [7, 11) is 0. The highest BCUT2D eigenvalue weighted by Crippen LogP contribution is 2.47. The third-order valence-corrected chi connectivity index (χ3v) is 5.96. The van der Waals surface area contributed by atoms with Crippen LogP contribution in [0.15, 0.2) is 24.3 Å². The van der Waals surface area contributed by atoms with Crippen molar-refractivity contribution in [3.05, 3.63) is 29.8 Å². The van der Waals surface area contributed by atoms with Gasteiger partial charge in [-0.1, -0.05) is 19.1 Å². The summed E-state index contributed by atoms with van der Waals surface area (Å²) in [5.74, 6) is 0. The van der Waals surface area contributed by atoms with Gasteiger partial charge in [-0.2, -0.15) is 0 Å². The van der Waals surface area contributed by atoms with Crippen LogP contribution < -0.4 is 4.90 Å². The molecule has 1 aromatic rings. The van der Waals surface area contributed by atoms with Gasteiger partial charge in [-0.15, -0.1) is 0 Å². The molecule has 128 valence electrons. The molecule has 0 atom stereocenters. The Morgan fingerprint density at radius 1 is 1.04 bits per heavy atom. The van der Waals surface area contributed by atoms with Crippen LogP contribution in [-0.4, -0.2) is 37.0 Å². The lowest BCUT2D eigenvalue weighted by Crippen LogP contribution is -2.43. The largest absolute Gasteiger partial charge is 0.387 e. The molecule has 1 saturated carbocycles. The number of rotatable bonds is 5. The number of ether oxygens (including phenoxy) is 1. The van der Waals surface area contributed by atoms with E-state index in [4.69, 9.17) is 4.74 Å². The van der Waals surface area contributed by atoms with Gasteiger partial charge in [0, 0.05) is 25.4 Å². The van der Waals surface area contributed by atoms with Crippen molar-refractivity contribution in [2.45, 2.75) is 58.0 Å². The van der Waals surface area contributed by atoms with E-state index in [-0.39, 0.29) is 0 Å². The third kappa shape index (κ3) is 3.72. The first-order valence-electron chi connectivity index (χ1n) is 9.22. The van der Waals surface area contributed by atoms with Crippen LogP contribution in [0.4, 0.5) is 5.69 Å². The summed E-state index contributed by atoms with van der Waals surface area (Å²) < 4.78 is 5.48. The molecule has 0 amide bonds. The SMILES string of the molecule is CCOC[C@]1(O)CC[C@@]2(CCN(c3ccc(CC)cc3)C2)CC1. The summed E-state index contributed by atoms with van der Waals surface area (Å²) in [4.78, 5) is 2.53. The average molecular weight is 317 g/mol. The summed E-state index contributed by atoms with van der Waals surface area (Å²) in [6.07, 6.45) is 6.38. The highest BCUT2D eigenvalue weighted by molar-refractivity contribution is 5.49. The van der Waals surface area contributed by atoms with Crippen molar-refractivity contribution in [2.75, 3.05) is 31.2 Å². The standard InChI is InChI=1S/C20H31NO2/c1-3-17-5-7-18(8-6-17)21-14-13-19(15-21)9-11-20(22,12-10-19)16-23-4-2/h5-8,22H,3-4,9-16H2,1-2H3/t19-,20-. The summed E-state index contributed by atoms with van der Waals surface area (Å²) in [5.41, 5.74) is 2.58. The Balaban J connectivity index is 1.59. The average Bonchev–Trinajstić information content (AvgIpc) is 3.01. The Morgan fingerprint density at radius 2 is 1.74 bits per heavy atom. The van der Waals surface area contributed by atoms with E-state index in [1.807, 2.05) is 6.92 Å². The van der Waals surface area contributed by atoms with Crippen LogP contribution in [0.25, 0.3) is 0 Å². The summed E-state index contributed by atoms with van der Waals surface area (Å²) >= 11 is 0. The van der Waals surface area contributed by atoms with Crippen LogP contribution in [0.1, 0.15) is 51.5 Å². The fourth-order valence-corrected chi connectivity index (χ4v) is 4.19. The van der Waals surface area contributed by atoms with Crippen molar-refractivity contribution in [3.63, 3.8) is 0 Å². The summed E-state index contributed by atoms with van der Waals surface area (Å²) in [5, 5.41) is 10.6. The highest BCUT2D eigenvalue weighted by Gasteiger charge is 2.45. The van der Waals surface area contributed by atoms with E-state index in [1.165, 1.54) is 17.7 Å². The Hall–Kier alpha value is -1.06. The van der Waals surface area contributed by atoms with Crippen LogP contribution >= 0.6 is 0 Å². The van der Waals surface area contributed by atoms with E-state index in [2.05, 4.69) is 36.1 Å². The Morgan fingerprint density at radius 3 is 2.35 bits per heavy atom. The predicted octanol–water partition coefficient (Wildman–Crippen LogP) is 3.79. The minimum absolute atomic E-state index is 0.405. The van der Waals surface area contributed by atoms with Crippen molar-refractivity contribution in [3.8, 4) is 0 Å². The molecule has 2 fully saturated rings. The van der Waals surface area contributed by atoms with Crippen LogP contribution in [0.5, 0.6) is 0 Å². The monoisotopic (exact) mass is 317 g/mol. The molecule has 0 unspecified atom stereocenters. The van der Waals surface area contributed by atoms with Gasteiger partial charge in [0.25, 0.3) is 0 Å². The summed E-state index contributed by atoms with van der Waals surface area (Å²) in [6, 6.07) is 9.04. The van der Waals surface area contributed by atoms with Crippen LogP contribution in [-0.2, 0) is 11.2 Å². The maximum atomic E-state index is 10.6. The first-order chi connectivity index (χ1) is 11.1. The maximum absolute atomic E-state index is 10.6. The van der Waals surface area contributed by atoms with Gasteiger partial charge in [0.05, 0.1) is 12.2 Å². The molecular formula is C20H31NO2. The molecule has 1 aliphatic carbocycles. The topological polar surface area (TPSA) is 32.7 Å². The summed E-state index contributed by atoms with van der Waals surface area (Å²) in [6.45, 7) is 7.67. The van der Waals surface area contributed by atoms with Crippen LogP contribution in [0.2, 0.25) is 0 Å². The lowest BCUT2D eigenvalue weighted by molar-refractivity contribution is -0.0848. The second kappa shape index (κ2) is 6.82. The lowest BCUT2D eigenvalue weighted by atomic mass is 9.68. The zero-order valence-electron chi connectivity index (χ0n) is 14.7. The molecule has 0 bridgehead atoms. The van der Waals surface area contributed by atoms with Gasteiger partial charge in [0.15, 0.2) is 0 Å². The molecule has 3 heteroatoms. The van der Waals surface area contributed by atoms with E-state index in [0.29, 0.717) is 18.6 Å². The number of aliphatic hydroxyl groups is 1. The first-order valence-corrected chi connectivity index (χ1v) is 9.22. The lowest BCUT2D eigenvalue weighted by Gasteiger charge is -2.42. The maximum Gasteiger partial charge on any atom is 0.0880 e. The molecule has 2 aliphatic rings. The molecule has 1 saturated heterocycles. The fourth-order valence-electron chi connectivity index (χ4n) is 4.19. The number of hydrogen-bond acceptors (Lipinski definition) is 3. The number of anilines is 1. The molecule has 0 radical (unpaired) electrons. The second-order valence-corrected chi connectivity index (χ2v) is 7.55. The number of benzene rings is 1. The Labute approximate surface area is 140 Å². The smallest absolute Gasteiger partial charge is 0.0880 e. The molecule has 3 rings (SSSR count). The first kappa shape index (κ1) is 16.8. The van der Waals surface area contributed by atoms with Crippen LogP contribution in [0.3, 0.4) is 0 Å². The van der Waals surface area contributed by atoms with E-state index in [1.54, 1.807) is 0 Å². The molecule has 23 heavy (non-hydrogen) atoms. The van der Waals surface area contributed by atoms with E-state index < -0.39 is 5.60 Å². The van der Waals surface area contributed by atoms with Crippen molar-refractivity contribution in [1.82, 2.24) is 0 Å². The van der Waals surface area contributed by atoms with E-state index in [9.17, 15) is 5.11 Å². The molecule has 1 N–H and O–H groups in total. The van der Waals surface area contributed by atoms with Crippen molar-refractivity contribution < 1.29 is 9.84 Å². The Bertz CT molecular complexity index is 503. The molecule has 3 nitrogen and oxygen atoms in total. The Kier molecular flexibility index (Phi) is 4.98. The van der Waals surface area contributed by atoms with Crippen LogP contribution in [0, 0.1) is 5.41 Å². The van der Waals surface area contributed by atoms with Gasteiger partial charge >= 0.3 is 0 Å². The van der Waals surface area contributed by atoms with Gasteiger partial charge in [-0.05, 0) is 68.6 Å². The minimum atomic E-state index is -0.586. The van der Waals surface area contributed by atoms with Crippen molar-refractivity contribution >= 4 is 5.69 Å². The van der Waals surface area contributed by atoms with Crippen molar-refractivity contribution in [1.29, 1.82) is 0 Å². The van der Waals surface area contributed by atoms with Gasteiger partial charge in [0.1, 0.15) is 0 Å². The highest BCUT2D eigenvalue weighted by atomic mass is 16.5. The second-order valence-electron chi connectivity index (χ2n) is 7.55. The number of aryl methyl sites for hydroxylation is 1. The zero-order chi connectivity index (χ0) is 16.3. The van der Waals surface area contributed by atoms with Gasteiger partial charge < -0.3 is 14.7 Å². The molecule has 1 aliphatic heterocycles. The zero-order valence-corrected chi connectivity index (χ0v) is 14.7. The van der Waals surface area contributed by atoms with E-state index in [0.717, 1.165) is 45.2 Å². The van der Waals surface area contributed by atoms with Gasteiger partial charge in [0.2, 0.25) is 0 Å².